The fourth-order valence-electron chi connectivity index (χ4n) is 3.17. The number of ether oxygens (including phenoxy) is 3. The summed E-state index contributed by atoms with van der Waals surface area (Å²) in [7, 11) is 1.68. The summed E-state index contributed by atoms with van der Waals surface area (Å²) >= 11 is 0. The average Bonchev–Trinajstić information content (AvgIpc) is 2.75. The summed E-state index contributed by atoms with van der Waals surface area (Å²) in [5.41, 5.74) is 1.16. The summed E-state index contributed by atoms with van der Waals surface area (Å²) < 4.78 is 16.4. The number of hydrogen-bond donors (Lipinski definition) is 2. The number of rotatable bonds is 12. The van der Waals surface area contributed by atoms with Gasteiger partial charge in [0.05, 0.1) is 19.8 Å². The third-order valence-corrected chi connectivity index (χ3v) is 4.81. The van der Waals surface area contributed by atoms with Crippen molar-refractivity contribution < 1.29 is 14.2 Å². The maximum atomic E-state index is 5.81. The smallest absolute Gasteiger partial charge is 0.191 e. The third kappa shape index (κ3) is 11.6. The molecule has 0 bridgehead atoms. The van der Waals surface area contributed by atoms with Gasteiger partial charge in [0.15, 0.2) is 5.96 Å². The number of benzene rings is 1. The Balaban J connectivity index is 0.00000420. The van der Waals surface area contributed by atoms with Gasteiger partial charge in [-0.3, -0.25) is 0 Å². The highest BCUT2D eigenvalue weighted by atomic mass is 127. The maximum absolute atomic E-state index is 5.81. The molecule has 1 fully saturated rings. The summed E-state index contributed by atoms with van der Waals surface area (Å²) in [5, 5.41) is 6.87. The lowest BCUT2D eigenvalue weighted by atomic mass is 10.0. The van der Waals surface area contributed by atoms with Crippen LogP contribution in [0.1, 0.15) is 51.0 Å². The zero-order valence-corrected chi connectivity index (χ0v) is 20.3. The topological polar surface area (TPSA) is 64.1 Å². The van der Waals surface area contributed by atoms with Crippen molar-refractivity contribution in [3.8, 4) is 5.75 Å². The number of nitrogens with zero attached hydrogens (tertiary/aromatic N) is 1. The summed E-state index contributed by atoms with van der Waals surface area (Å²) in [5.74, 6) is 1.72. The lowest BCUT2D eigenvalue weighted by Crippen LogP contribution is -2.39. The molecule has 1 heterocycles. The number of aliphatic imine (C=N–C) groups is 1. The van der Waals surface area contributed by atoms with Gasteiger partial charge in [0, 0.05) is 32.9 Å². The van der Waals surface area contributed by atoms with Gasteiger partial charge in [0.25, 0.3) is 0 Å². The molecule has 1 aromatic rings. The normalized spacial score (nSPS) is 16.8. The zero-order valence-electron chi connectivity index (χ0n) is 18.0. The zero-order chi connectivity index (χ0) is 19.9. The quantitative estimate of drug-likeness (QED) is 0.188. The van der Waals surface area contributed by atoms with E-state index in [4.69, 9.17) is 19.2 Å². The van der Waals surface area contributed by atoms with Crippen molar-refractivity contribution in [1.82, 2.24) is 10.6 Å². The molecule has 2 rings (SSSR count). The van der Waals surface area contributed by atoms with Crippen LogP contribution in [0.3, 0.4) is 0 Å². The summed E-state index contributed by atoms with van der Waals surface area (Å²) in [6.07, 6.45) is 7.32. The van der Waals surface area contributed by atoms with E-state index in [1.807, 2.05) is 19.1 Å². The largest absolute Gasteiger partial charge is 0.497 e. The Labute approximate surface area is 193 Å². The fourth-order valence-corrected chi connectivity index (χ4v) is 3.17. The van der Waals surface area contributed by atoms with Crippen LogP contribution in [0.2, 0.25) is 0 Å². The van der Waals surface area contributed by atoms with E-state index in [0.29, 0.717) is 12.6 Å². The van der Waals surface area contributed by atoms with E-state index in [1.165, 1.54) is 19.3 Å². The Bertz CT molecular complexity index is 549. The molecule has 166 valence electrons. The Morgan fingerprint density at radius 2 is 1.90 bits per heavy atom. The lowest BCUT2D eigenvalue weighted by molar-refractivity contribution is 0.0104. The van der Waals surface area contributed by atoms with Gasteiger partial charge in [-0.05, 0) is 63.1 Å². The van der Waals surface area contributed by atoms with Crippen LogP contribution in [0, 0.1) is 0 Å². The number of nitrogens with one attached hydrogen (secondary N) is 2. The maximum Gasteiger partial charge on any atom is 0.191 e. The monoisotopic (exact) mass is 519 g/mol. The van der Waals surface area contributed by atoms with E-state index in [2.05, 4.69) is 22.8 Å². The lowest BCUT2D eigenvalue weighted by Gasteiger charge is -2.22. The van der Waals surface area contributed by atoms with Crippen molar-refractivity contribution in [2.75, 3.05) is 40.0 Å². The second kappa shape index (κ2) is 16.7. The van der Waals surface area contributed by atoms with E-state index in [-0.39, 0.29) is 24.0 Å². The molecule has 0 spiro atoms. The predicted molar refractivity (Wildman–Crippen MR) is 129 cm³/mol. The minimum atomic E-state index is 0. The first-order valence-electron chi connectivity index (χ1n) is 10.7. The van der Waals surface area contributed by atoms with Crippen LogP contribution in [-0.4, -0.2) is 52.1 Å². The Hall–Kier alpha value is -1.06. The van der Waals surface area contributed by atoms with Crippen LogP contribution in [0.15, 0.2) is 29.3 Å². The van der Waals surface area contributed by atoms with Gasteiger partial charge in [-0.15, -0.1) is 24.0 Å². The van der Waals surface area contributed by atoms with Gasteiger partial charge in [-0.2, -0.15) is 0 Å². The van der Waals surface area contributed by atoms with Gasteiger partial charge < -0.3 is 24.8 Å². The van der Waals surface area contributed by atoms with Crippen molar-refractivity contribution in [2.45, 2.75) is 58.1 Å². The van der Waals surface area contributed by atoms with Crippen LogP contribution < -0.4 is 15.4 Å². The molecule has 1 aliphatic heterocycles. The van der Waals surface area contributed by atoms with Gasteiger partial charge in [-0.1, -0.05) is 12.1 Å². The first kappa shape index (κ1) is 26.0. The molecule has 0 amide bonds. The van der Waals surface area contributed by atoms with Crippen LogP contribution in [-0.2, 0) is 16.0 Å². The van der Waals surface area contributed by atoms with Gasteiger partial charge in [0.2, 0.25) is 0 Å². The highest BCUT2D eigenvalue weighted by molar-refractivity contribution is 14.0. The molecule has 6 nitrogen and oxygen atoms in total. The van der Waals surface area contributed by atoms with E-state index in [9.17, 15) is 0 Å². The van der Waals surface area contributed by atoms with Crippen LogP contribution in [0.25, 0.3) is 0 Å². The molecule has 1 unspecified atom stereocenters. The first-order valence-corrected chi connectivity index (χ1v) is 10.7. The molecule has 1 aliphatic rings. The molecule has 2 N–H and O–H groups in total. The molecule has 7 heteroatoms. The minimum absolute atomic E-state index is 0. The Morgan fingerprint density at radius 1 is 1.14 bits per heavy atom. The standard InChI is InChI=1S/C22H37N3O3.HI/c1-3-27-16-7-15-24-22(23-14-6-9-21-8-4-5-17-28-21)25-18-19-10-12-20(26-2)13-11-19;/h10-13,21H,3-9,14-18H2,1-2H3,(H2,23,24,25);1H. The fraction of sp³-hybridized carbons (Fsp3) is 0.682. The molecule has 29 heavy (non-hydrogen) atoms. The number of hydrogen-bond acceptors (Lipinski definition) is 4. The van der Waals surface area contributed by atoms with E-state index < -0.39 is 0 Å². The minimum Gasteiger partial charge on any atom is -0.497 e. The highest BCUT2D eigenvalue weighted by Gasteiger charge is 2.13. The van der Waals surface area contributed by atoms with Gasteiger partial charge >= 0.3 is 0 Å². The number of halogens is 1. The third-order valence-electron chi connectivity index (χ3n) is 4.81. The second-order valence-electron chi connectivity index (χ2n) is 7.05. The Kier molecular flexibility index (Phi) is 15.0. The highest BCUT2D eigenvalue weighted by Crippen LogP contribution is 2.16. The van der Waals surface area contributed by atoms with Crippen molar-refractivity contribution in [3.05, 3.63) is 29.8 Å². The molecular formula is C22H38IN3O3. The van der Waals surface area contributed by atoms with E-state index in [0.717, 1.165) is 69.4 Å². The van der Waals surface area contributed by atoms with E-state index >= 15 is 0 Å². The van der Waals surface area contributed by atoms with Gasteiger partial charge in [-0.25, -0.2) is 4.99 Å². The SMILES string of the molecule is CCOCCCNC(=NCc1ccc(OC)cc1)NCCCC1CCCCO1.I. The molecule has 1 atom stereocenters. The number of guanidine groups is 1. The summed E-state index contributed by atoms with van der Waals surface area (Å²) in [4.78, 5) is 4.73. The van der Waals surface area contributed by atoms with Crippen molar-refractivity contribution in [1.29, 1.82) is 0 Å². The number of methoxy groups -OCH3 is 1. The summed E-state index contributed by atoms with van der Waals surface area (Å²) in [6, 6.07) is 8.04. The van der Waals surface area contributed by atoms with Gasteiger partial charge in [0.1, 0.15) is 5.75 Å². The van der Waals surface area contributed by atoms with Crippen LogP contribution in [0.4, 0.5) is 0 Å². The molecule has 0 saturated carbocycles. The summed E-state index contributed by atoms with van der Waals surface area (Å²) in [6.45, 7) is 6.87. The van der Waals surface area contributed by atoms with Crippen LogP contribution >= 0.6 is 24.0 Å². The average molecular weight is 519 g/mol. The van der Waals surface area contributed by atoms with Crippen molar-refractivity contribution in [2.24, 2.45) is 4.99 Å². The van der Waals surface area contributed by atoms with E-state index in [1.54, 1.807) is 7.11 Å². The second-order valence-corrected chi connectivity index (χ2v) is 7.05. The molecule has 0 aliphatic carbocycles. The van der Waals surface area contributed by atoms with Crippen molar-refractivity contribution in [3.63, 3.8) is 0 Å². The van der Waals surface area contributed by atoms with Crippen molar-refractivity contribution >= 4 is 29.9 Å². The molecule has 0 radical (unpaired) electrons. The first-order chi connectivity index (χ1) is 13.8. The molecule has 1 saturated heterocycles. The predicted octanol–water partition coefficient (Wildman–Crippen LogP) is 4.12. The Morgan fingerprint density at radius 3 is 2.55 bits per heavy atom. The molecule has 0 aromatic heterocycles. The van der Waals surface area contributed by atoms with Crippen LogP contribution in [0.5, 0.6) is 5.75 Å². The molecular weight excluding hydrogens is 481 g/mol. The molecule has 1 aromatic carbocycles.